The fourth-order valence-electron chi connectivity index (χ4n) is 1.16. The Morgan fingerprint density at radius 3 is 2.38 bits per heavy atom. The molecule has 0 heterocycles. The van der Waals surface area contributed by atoms with Gasteiger partial charge < -0.3 is 11.1 Å². The number of urea groups is 1. The van der Waals surface area contributed by atoms with E-state index in [9.17, 15) is 13.2 Å². The second kappa shape index (κ2) is 6.10. The van der Waals surface area contributed by atoms with Crippen LogP contribution >= 0.6 is 0 Å². The number of primary amides is 1. The molecule has 4 N–H and O–H groups in total. The Bertz CT molecular complexity index is 501. The number of anilines is 1. The van der Waals surface area contributed by atoms with E-state index in [1.165, 1.54) is 25.1 Å². The molecule has 0 aromatic heterocycles. The minimum absolute atomic E-state index is 0. The molecule has 1 aromatic rings. The molecule has 1 aromatic carbocycles. The van der Waals surface area contributed by atoms with Crippen LogP contribution in [-0.4, -0.2) is 70.4 Å². The average molecular weight is 269 g/mol. The third-order valence-corrected chi connectivity index (χ3v) is 2.73. The topological polar surface area (TPSA) is 109 Å². The van der Waals surface area contributed by atoms with Gasteiger partial charge in [0.15, 0.2) is 0 Å². The normalized spacial score (nSPS) is 10.4. The van der Waals surface area contributed by atoms with Crippen LogP contribution < -0.4 is 11.1 Å². The molecule has 0 atom stereocenters. The smallest absolute Gasteiger partial charge is 0.316 e. The summed E-state index contributed by atoms with van der Waals surface area (Å²) in [6.07, 6.45) is 0. The summed E-state index contributed by atoms with van der Waals surface area (Å²) >= 11 is 0. The van der Waals surface area contributed by atoms with E-state index in [0.29, 0.717) is 11.3 Å². The molecule has 16 heavy (non-hydrogen) atoms. The molecule has 1 radical (unpaired) electrons. The molecular formula is C8H10KN2O4S. The molecule has 0 aliphatic carbocycles. The molecular weight excluding hydrogens is 259 g/mol. The molecule has 0 bridgehead atoms. The zero-order chi connectivity index (χ0) is 11.6. The molecule has 83 valence electrons. The Morgan fingerprint density at radius 1 is 1.44 bits per heavy atom. The summed E-state index contributed by atoms with van der Waals surface area (Å²) in [4.78, 5) is 10.3. The predicted molar refractivity (Wildman–Crippen MR) is 60.0 cm³/mol. The maximum absolute atomic E-state index is 10.8. The summed E-state index contributed by atoms with van der Waals surface area (Å²) in [5, 5.41) is 2.29. The Hall–Kier alpha value is 0.0364. The molecule has 1 rings (SSSR count). The van der Waals surface area contributed by atoms with Crippen molar-refractivity contribution in [2.24, 2.45) is 5.73 Å². The van der Waals surface area contributed by atoms with Crippen LogP contribution in [0.4, 0.5) is 10.5 Å². The fourth-order valence-corrected chi connectivity index (χ4v) is 1.86. The standard InChI is InChI=1S/C8H10N2O4S.K/c1-5-4-6(10-8(9)11)2-3-7(5)15(12,13)14;/h2-4H,1H3,(H3,9,10,11)(H,12,13,14);. The molecule has 0 aliphatic rings. The molecule has 0 spiro atoms. The van der Waals surface area contributed by atoms with E-state index in [0.717, 1.165) is 0 Å². The van der Waals surface area contributed by atoms with Gasteiger partial charge in [0.05, 0.1) is 4.90 Å². The molecule has 0 unspecified atom stereocenters. The van der Waals surface area contributed by atoms with Gasteiger partial charge in [-0.05, 0) is 30.7 Å². The number of hydrogen-bond acceptors (Lipinski definition) is 3. The van der Waals surface area contributed by atoms with Gasteiger partial charge in [0.2, 0.25) is 0 Å². The van der Waals surface area contributed by atoms with Crippen molar-refractivity contribution in [1.29, 1.82) is 0 Å². The van der Waals surface area contributed by atoms with Gasteiger partial charge in [-0.3, -0.25) is 4.55 Å². The van der Waals surface area contributed by atoms with Crippen molar-refractivity contribution in [2.45, 2.75) is 11.8 Å². The van der Waals surface area contributed by atoms with Gasteiger partial charge in [0, 0.05) is 57.1 Å². The Kier molecular flexibility index (Phi) is 6.11. The van der Waals surface area contributed by atoms with Crippen LogP contribution in [0, 0.1) is 6.92 Å². The second-order valence-electron chi connectivity index (χ2n) is 2.94. The van der Waals surface area contributed by atoms with Crippen molar-refractivity contribution in [1.82, 2.24) is 0 Å². The van der Waals surface area contributed by atoms with E-state index in [1.54, 1.807) is 0 Å². The summed E-state index contributed by atoms with van der Waals surface area (Å²) < 4.78 is 30.5. The minimum Gasteiger partial charge on any atom is -0.351 e. The van der Waals surface area contributed by atoms with E-state index in [2.05, 4.69) is 5.32 Å². The number of nitrogens with two attached hydrogens (primary N) is 1. The monoisotopic (exact) mass is 269 g/mol. The largest absolute Gasteiger partial charge is 0.351 e. The van der Waals surface area contributed by atoms with Crippen LogP contribution in [0.25, 0.3) is 0 Å². The number of carbonyl (C=O) groups excluding carboxylic acids is 1. The number of hydrogen-bond donors (Lipinski definition) is 3. The molecule has 2 amide bonds. The number of carbonyl (C=O) groups is 1. The van der Waals surface area contributed by atoms with E-state index >= 15 is 0 Å². The van der Waals surface area contributed by atoms with Crippen molar-refractivity contribution < 1.29 is 17.8 Å². The van der Waals surface area contributed by atoms with Crippen LogP contribution in [0.3, 0.4) is 0 Å². The maximum atomic E-state index is 10.8. The fraction of sp³-hybridized carbons (Fsp3) is 0.125. The molecule has 0 saturated carbocycles. The first-order valence-electron chi connectivity index (χ1n) is 3.95. The SMILES string of the molecule is Cc1cc(NC(N)=O)ccc1S(=O)(=O)O.[K]. The van der Waals surface area contributed by atoms with Gasteiger partial charge in [0.25, 0.3) is 10.1 Å². The Labute approximate surface area is 136 Å². The number of aryl methyl sites for hydroxylation is 1. The predicted octanol–water partition coefficient (Wildman–Crippen LogP) is 0.352. The quantitative estimate of drug-likeness (QED) is 0.531. The average Bonchev–Trinajstić information content (AvgIpc) is 1.99. The first-order valence-corrected chi connectivity index (χ1v) is 5.39. The van der Waals surface area contributed by atoms with Gasteiger partial charge >= 0.3 is 6.03 Å². The first kappa shape index (κ1) is 16.0. The molecule has 8 heteroatoms. The molecule has 0 aliphatic heterocycles. The van der Waals surface area contributed by atoms with Gasteiger partial charge in [0.1, 0.15) is 0 Å². The number of amides is 2. The van der Waals surface area contributed by atoms with Crippen molar-refractivity contribution in [3.05, 3.63) is 23.8 Å². The summed E-state index contributed by atoms with van der Waals surface area (Å²) in [5.41, 5.74) is 5.57. The maximum Gasteiger partial charge on any atom is 0.316 e. The van der Waals surface area contributed by atoms with E-state index < -0.39 is 16.1 Å². The van der Waals surface area contributed by atoms with E-state index in [4.69, 9.17) is 10.3 Å². The van der Waals surface area contributed by atoms with Gasteiger partial charge in [-0.1, -0.05) is 0 Å². The first-order chi connectivity index (χ1) is 6.80. The zero-order valence-electron chi connectivity index (χ0n) is 8.89. The second-order valence-corrected chi connectivity index (χ2v) is 4.33. The summed E-state index contributed by atoms with van der Waals surface area (Å²) in [6.45, 7) is 1.50. The minimum atomic E-state index is -4.22. The Morgan fingerprint density at radius 2 is 2.00 bits per heavy atom. The van der Waals surface area contributed by atoms with Crippen LogP contribution in [0.15, 0.2) is 23.1 Å². The van der Waals surface area contributed by atoms with E-state index in [-0.39, 0.29) is 56.3 Å². The van der Waals surface area contributed by atoms with Gasteiger partial charge in [-0.2, -0.15) is 8.42 Å². The van der Waals surface area contributed by atoms with Crippen LogP contribution in [-0.2, 0) is 10.1 Å². The molecule has 0 saturated heterocycles. The summed E-state index contributed by atoms with van der Waals surface area (Å²) in [5.74, 6) is 0. The summed E-state index contributed by atoms with van der Waals surface area (Å²) in [7, 11) is -4.22. The van der Waals surface area contributed by atoms with Crippen LogP contribution in [0.1, 0.15) is 5.56 Å². The third kappa shape index (κ3) is 4.50. The van der Waals surface area contributed by atoms with Crippen LogP contribution in [0.2, 0.25) is 0 Å². The zero-order valence-corrected chi connectivity index (χ0v) is 12.8. The Balaban J connectivity index is 0.00000225. The van der Waals surface area contributed by atoms with E-state index in [1.807, 2.05) is 0 Å². The number of nitrogens with one attached hydrogen (secondary N) is 1. The number of rotatable bonds is 2. The number of benzene rings is 1. The van der Waals surface area contributed by atoms with Gasteiger partial charge in [-0.15, -0.1) is 0 Å². The van der Waals surface area contributed by atoms with Crippen LogP contribution in [0.5, 0.6) is 0 Å². The van der Waals surface area contributed by atoms with Gasteiger partial charge in [-0.25, -0.2) is 4.79 Å². The third-order valence-electron chi connectivity index (χ3n) is 1.72. The van der Waals surface area contributed by atoms with Crippen molar-refractivity contribution in [2.75, 3.05) is 5.32 Å². The molecule has 0 fully saturated rings. The van der Waals surface area contributed by atoms with Crippen molar-refractivity contribution in [3.8, 4) is 0 Å². The van der Waals surface area contributed by atoms with Crippen molar-refractivity contribution in [3.63, 3.8) is 0 Å². The van der Waals surface area contributed by atoms with Crippen molar-refractivity contribution >= 4 is 73.2 Å². The molecule has 6 nitrogen and oxygen atoms in total. The summed E-state index contributed by atoms with van der Waals surface area (Å²) in [6, 6.07) is 3.18.